The van der Waals surface area contributed by atoms with E-state index in [1.165, 1.54) is 76.7 Å². The summed E-state index contributed by atoms with van der Waals surface area (Å²) in [7, 11) is 0. The van der Waals surface area contributed by atoms with Gasteiger partial charge in [0.1, 0.15) is 0 Å². The lowest BCUT2D eigenvalue weighted by Crippen LogP contribution is -1.96. The van der Waals surface area contributed by atoms with Crippen molar-refractivity contribution in [3.63, 3.8) is 0 Å². The first-order chi connectivity index (χ1) is 26.3. The van der Waals surface area contributed by atoms with Crippen LogP contribution in [0.25, 0.3) is 104 Å². The molecule has 0 aliphatic heterocycles. The Hall–Kier alpha value is -7.03. The van der Waals surface area contributed by atoms with Crippen LogP contribution in [0.2, 0.25) is 0 Å². The summed E-state index contributed by atoms with van der Waals surface area (Å²) >= 11 is 0. The Morgan fingerprint density at radius 2 is 0.792 bits per heavy atom. The molecule has 0 saturated carbocycles. The van der Waals surface area contributed by atoms with Gasteiger partial charge in [0.05, 0.1) is 22.1 Å². The highest BCUT2D eigenvalue weighted by Gasteiger charge is 2.18. The first kappa shape index (κ1) is 29.7. The normalized spacial score (nSPS) is 11.8. The molecule has 2 aromatic heterocycles. The third kappa shape index (κ3) is 4.70. The van der Waals surface area contributed by atoms with Crippen molar-refractivity contribution >= 4 is 65.2 Å². The Morgan fingerprint density at radius 1 is 0.302 bits per heavy atom. The van der Waals surface area contributed by atoms with Crippen LogP contribution < -0.4 is 0 Å². The fraction of sp³-hybridized carbons (Fsp3) is 0. The second kappa shape index (κ2) is 11.8. The molecule has 11 rings (SSSR count). The number of benzene rings is 9. The average Bonchev–Trinajstić information content (AvgIpc) is 3.56. The van der Waals surface area contributed by atoms with Crippen molar-refractivity contribution in [1.82, 2.24) is 9.55 Å². The van der Waals surface area contributed by atoms with Crippen molar-refractivity contribution in [2.24, 2.45) is 0 Å². The van der Waals surface area contributed by atoms with Gasteiger partial charge in [0.15, 0.2) is 0 Å². The van der Waals surface area contributed by atoms with Crippen LogP contribution >= 0.6 is 0 Å². The third-order valence-electron chi connectivity index (χ3n) is 10.9. The number of rotatable bonds is 4. The summed E-state index contributed by atoms with van der Waals surface area (Å²) in [5.41, 5.74) is 12.8. The van der Waals surface area contributed by atoms with Gasteiger partial charge >= 0.3 is 0 Å². The summed E-state index contributed by atoms with van der Waals surface area (Å²) in [6, 6.07) is 70.5. The predicted octanol–water partition coefficient (Wildman–Crippen LogP) is 13.8. The topological polar surface area (TPSA) is 17.8 Å². The van der Waals surface area contributed by atoms with E-state index in [4.69, 9.17) is 4.98 Å². The molecule has 0 atom stereocenters. The summed E-state index contributed by atoms with van der Waals surface area (Å²) in [5.74, 6) is 0. The molecule has 9 aromatic carbocycles. The molecular weight excluding hydrogens is 641 g/mol. The third-order valence-corrected chi connectivity index (χ3v) is 10.9. The largest absolute Gasteiger partial charge is 0.309 e. The maximum absolute atomic E-state index is 5.44. The molecule has 0 aliphatic carbocycles. The van der Waals surface area contributed by atoms with Crippen molar-refractivity contribution in [2.75, 3.05) is 0 Å². The number of nitrogens with zero attached hydrogens (tertiary/aromatic N) is 2. The van der Waals surface area contributed by atoms with Gasteiger partial charge in [-0.25, -0.2) is 4.98 Å². The minimum absolute atomic E-state index is 1.03. The second-order valence-corrected chi connectivity index (χ2v) is 13.9. The number of aromatic nitrogens is 2. The monoisotopic (exact) mass is 672 g/mol. The summed E-state index contributed by atoms with van der Waals surface area (Å²) in [6.07, 6.45) is 0. The molecule has 0 fully saturated rings. The molecule has 11 aromatic rings. The minimum Gasteiger partial charge on any atom is -0.309 e. The summed E-state index contributed by atoms with van der Waals surface area (Å²) in [5, 5.41) is 9.52. The number of fused-ring (bicyclic) bond motifs is 9. The molecule has 0 saturated heterocycles. The highest BCUT2D eigenvalue weighted by Crippen LogP contribution is 2.42. The van der Waals surface area contributed by atoms with Crippen molar-refractivity contribution in [3.8, 4) is 39.1 Å². The van der Waals surface area contributed by atoms with Crippen molar-refractivity contribution < 1.29 is 0 Å². The Bertz CT molecular complexity index is 3020. The first-order valence-electron chi connectivity index (χ1n) is 18.2. The van der Waals surface area contributed by atoms with E-state index in [0.717, 1.165) is 27.5 Å². The zero-order chi connectivity index (χ0) is 34.9. The molecule has 0 amide bonds. The highest BCUT2D eigenvalue weighted by molar-refractivity contribution is 6.21. The van der Waals surface area contributed by atoms with E-state index in [-0.39, 0.29) is 0 Å². The highest BCUT2D eigenvalue weighted by atomic mass is 15.0. The van der Waals surface area contributed by atoms with E-state index >= 15 is 0 Å². The maximum atomic E-state index is 5.44. The van der Waals surface area contributed by atoms with Crippen molar-refractivity contribution in [2.45, 2.75) is 0 Å². The Labute approximate surface area is 306 Å². The van der Waals surface area contributed by atoms with Gasteiger partial charge in [-0.15, -0.1) is 0 Å². The minimum atomic E-state index is 1.03. The molecule has 0 aliphatic rings. The molecule has 2 nitrogen and oxygen atoms in total. The molecule has 0 radical (unpaired) electrons. The molecule has 2 heterocycles. The van der Waals surface area contributed by atoms with Gasteiger partial charge in [-0.1, -0.05) is 158 Å². The van der Waals surface area contributed by atoms with Crippen LogP contribution in [0.1, 0.15) is 0 Å². The van der Waals surface area contributed by atoms with Crippen LogP contribution in [-0.2, 0) is 0 Å². The molecule has 0 unspecified atom stereocenters. The van der Waals surface area contributed by atoms with E-state index in [1.54, 1.807) is 0 Å². The second-order valence-electron chi connectivity index (χ2n) is 13.9. The SMILES string of the molecule is c1ccc(-c2ccc3c(c2)c2cc(-c4ccccc4)ccc2n3-c2cccc(-c3c4ccc5ccccc5c4nc4c3ccc3ccccc34)c2)cc1. The quantitative estimate of drug-likeness (QED) is 0.134. The molecule has 53 heavy (non-hydrogen) atoms. The van der Waals surface area contributed by atoms with Gasteiger partial charge in [-0.05, 0) is 75.0 Å². The number of pyridine rings is 1. The van der Waals surface area contributed by atoms with Gasteiger partial charge < -0.3 is 4.57 Å². The summed E-state index contributed by atoms with van der Waals surface area (Å²) in [4.78, 5) is 5.44. The maximum Gasteiger partial charge on any atom is 0.0794 e. The van der Waals surface area contributed by atoms with Crippen molar-refractivity contribution in [1.29, 1.82) is 0 Å². The zero-order valence-electron chi connectivity index (χ0n) is 28.9. The first-order valence-corrected chi connectivity index (χ1v) is 18.2. The van der Waals surface area contributed by atoms with Crippen LogP contribution in [0.5, 0.6) is 0 Å². The van der Waals surface area contributed by atoms with Gasteiger partial charge in [-0.2, -0.15) is 0 Å². The van der Waals surface area contributed by atoms with Crippen LogP contribution in [0.15, 0.2) is 194 Å². The molecular formula is C51H32N2. The summed E-state index contributed by atoms with van der Waals surface area (Å²) in [6.45, 7) is 0. The molecule has 0 bridgehead atoms. The fourth-order valence-electron chi connectivity index (χ4n) is 8.44. The van der Waals surface area contributed by atoms with Crippen LogP contribution in [0.3, 0.4) is 0 Å². The smallest absolute Gasteiger partial charge is 0.0794 e. The molecule has 0 spiro atoms. The van der Waals surface area contributed by atoms with Gasteiger partial charge in [0.25, 0.3) is 0 Å². The standard InChI is InChI=1S/C51H32N2/c1-3-12-33(13-4-1)37-24-28-47-45(31-37)46-32-38(34-14-5-2-6-15-34)25-29-48(46)53(47)40-19-11-18-39(30-40)49-43-26-22-35-16-7-9-20-41(35)50(43)52-51-42-21-10-8-17-36(42)23-27-44(49)51/h1-32H. The number of hydrogen-bond acceptors (Lipinski definition) is 1. The fourth-order valence-corrected chi connectivity index (χ4v) is 8.44. The van der Waals surface area contributed by atoms with E-state index in [2.05, 4.69) is 199 Å². The van der Waals surface area contributed by atoms with E-state index in [9.17, 15) is 0 Å². The lowest BCUT2D eigenvalue weighted by Gasteiger charge is -2.16. The average molecular weight is 673 g/mol. The predicted molar refractivity (Wildman–Crippen MR) is 225 cm³/mol. The lowest BCUT2D eigenvalue weighted by molar-refractivity contribution is 1.18. The molecule has 246 valence electrons. The van der Waals surface area contributed by atoms with Gasteiger partial charge in [-0.3, -0.25) is 0 Å². The van der Waals surface area contributed by atoms with Gasteiger partial charge in [0, 0.05) is 43.6 Å². The zero-order valence-corrected chi connectivity index (χ0v) is 28.9. The van der Waals surface area contributed by atoms with Crippen LogP contribution in [0.4, 0.5) is 0 Å². The van der Waals surface area contributed by atoms with E-state index in [0.29, 0.717) is 0 Å². The summed E-state index contributed by atoms with van der Waals surface area (Å²) < 4.78 is 2.44. The van der Waals surface area contributed by atoms with E-state index < -0.39 is 0 Å². The van der Waals surface area contributed by atoms with Crippen molar-refractivity contribution in [3.05, 3.63) is 194 Å². The molecule has 0 N–H and O–H groups in total. The lowest BCUT2D eigenvalue weighted by atomic mass is 9.92. The van der Waals surface area contributed by atoms with Crippen LogP contribution in [-0.4, -0.2) is 9.55 Å². The Morgan fingerprint density at radius 3 is 1.34 bits per heavy atom. The Balaban J connectivity index is 1.19. The van der Waals surface area contributed by atoms with E-state index in [1.807, 2.05) is 0 Å². The van der Waals surface area contributed by atoms with Gasteiger partial charge in [0.2, 0.25) is 0 Å². The van der Waals surface area contributed by atoms with Crippen LogP contribution in [0, 0.1) is 0 Å². The number of hydrogen-bond donors (Lipinski definition) is 0. The Kier molecular flexibility index (Phi) is 6.59. The molecule has 2 heteroatoms.